The number of fused-ring (bicyclic) bond motifs is 1. The number of phenols is 1. The van der Waals surface area contributed by atoms with Gasteiger partial charge in [0.05, 0.1) is 6.61 Å². The maximum absolute atomic E-state index is 10.5. The van der Waals surface area contributed by atoms with Gasteiger partial charge >= 0.3 is 0 Å². The van der Waals surface area contributed by atoms with Crippen LogP contribution in [-0.4, -0.2) is 22.9 Å². The number of nitrogens with one attached hydrogen (secondary N) is 1. The second kappa shape index (κ2) is 7.96. The normalized spacial score (nSPS) is 12.4. The third kappa shape index (κ3) is 4.06. The Kier molecular flexibility index (Phi) is 5.71. The molecule has 0 radical (unpaired) electrons. The van der Waals surface area contributed by atoms with Gasteiger partial charge in [-0.1, -0.05) is 48.5 Å². The van der Waals surface area contributed by atoms with Crippen LogP contribution < -0.4 is 5.32 Å². The van der Waals surface area contributed by atoms with Gasteiger partial charge in [-0.15, -0.1) is 0 Å². The van der Waals surface area contributed by atoms with Crippen molar-refractivity contribution in [2.45, 2.75) is 19.0 Å². The first-order chi connectivity index (χ1) is 11.7. The largest absolute Gasteiger partial charge is 0.507 e. The molecule has 1 atom stereocenters. The number of aromatic hydroxyl groups is 1. The van der Waals surface area contributed by atoms with E-state index in [2.05, 4.69) is 52.2 Å². The van der Waals surface area contributed by atoms with E-state index >= 15 is 0 Å². The molecule has 3 N–H and O–H groups in total. The molecule has 0 saturated heterocycles. The van der Waals surface area contributed by atoms with Crippen molar-refractivity contribution in [1.29, 1.82) is 0 Å². The van der Waals surface area contributed by atoms with Gasteiger partial charge in [-0.2, -0.15) is 0 Å². The Morgan fingerprint density at radius 3 is 2.46 bits per heavy atom. The summed E-state index contributed by atoms with van der Waals surface area (Å²) in [7, 11) is 0. The van der Waals surface area contributed by atoms with Gasteiger partial charge in [-0.25, -0.2) is 0 Å². The summed E-state index contributed by atoms with van der Waals surface area (Å²) in [6, 6.07) is 20.0. The van der Waals surface area contributed by atoms with Crippen LogP contribution in [0.25, 0.3) is 10.8 Å². The second-order valence-electron chi connectivity index (χ2n) is 5.89. The van der Waals surface area contributed by atoms with E-state index in [0.717, 1.165) is 22.8 Å². The molecule has 3 rings (SSSR count). The zero-order chi connectivity index (χ0) is 16.9. The summed E-state index contributed by atoms with van der Waals surface area (Å²) in [5.41, 5.74) is 2.03. The highest BCUT2D eigenvalue weighted by molar-refractivity contribution is 14.1. The molecule has 0 aromatic heterocycles. The van der Waals surface area contributed by atoms with Gasteiger partial charge in [-0.3, -0.25) is 0 Å². The number of aliphatic hydroxyl groups is 1. The number of aliphatic hydroxyl groups excluding tert-OH is 1. The number of halogens is 1. The van der Waals surface area contributed by atoms with Crippen LogP contribution in [0.5, 0.6) is 5.75 Å². The van der Waals surface area contributed by atoms with Gasteiger partial charge in [0.1, 0.15) is 5.75 Å². The summed E-state index contributed by atoms with van der Waals surface area (Å²) in [6.45, 7) is 0.576. The van der Waals surface area contributed by atoms with E-state index in [4.69, 9.17) is 0 Å². The minimum Gasteiger partial charge on any atom is -0.507 e. The molecule has 124 valence electrons. The SMILES string of the molecule is OCC(Cc1ccc(I)cc1)NCc1ccc2ccccc2c1O. The molecule has 1 unspecified atom stereocenters. The Morgan fingerprint density at radius 1 is 0.958 bits per heavy atom. The molecule has 3 nitrogen and oxygen atoms in total. The molecule has 3 aromatic carbocycles. The zero-order valence-electron chi connectivity index (χ0n) is 13.2. The lowest BCUT2D eigenvalue weighted by Gasteiger charge is -2.17. The summed E-state index contributed by atoms with van der Waals surface area (Å²) in [4.78, 5) is 0. The quantitative estimate of drug-likeness (QED) is 0.518. The van der Waals surface area contributed by atoms with Gasteiger partial charge in [0.2, 0.25) is 0 Å². The first-order valence-electron chi connectivity index (χ1n) is 7.95. The summed E-state index contributed by atoms with van der Waals surface area (Å²) < 4.78 is 1.20. The Morgan fingerprint density at radius 2 is 1.71 bits per heavy atom. The lowest BCUT2D eigenvalue weighted by molar-refractivity contribution is 0.240. The highest BCUT2D eigenvalue weighted by Crippen LogP contribution is 2.28. The van der Waals surface area contributed by atoms with Crippen LogP contribution in [0.2, 0.25) is 0 Å². The van der Waals surface area contributed by atoms with E-state index in [9.17, 15) is 10.2 Å². The third-order valence-electron chi connectivity index (χ3n) is 4.18. The topological polar surface area (TPSA) is 52.5 Å². The van der Waals surface area contributed by atoms with Crippen molar-refractivity contribution in [3.8, 4) is 5.75 Å². The molecule has 0 aliphatic rings. The summed E-state index contributed by atoms with van der Waals surface area (Å²) in [6.07, 6.45) is 0.752. The molecular formula is C20H20INO2. The fourth-order valence-corrected chi connectivity index (χ4v) is 3.16. The Bertz CT molecular complexity index is 817. The van der Waals surface area contributed by atoms with Crippen LogP contribution >= 0.6 is 22.6 Å². The van der Waals surface area contributed by atoms with Crippen LogP contribution in [0.3, 0.4) is 0 Å². The van der Waals surface area contributed by atoms with E-state index in [1.165, 1.54) is 9.13 Å². The van der Waals surface area contributed by atoms with Crippen LogP contribution in [0.4, 0.5) is 0 Å². The first-order valence-corrected chi connectivity index (χ1v) is 9.03. The average Bonchev–Trinajstić information content (AvgIpc) is 2.62. The molecule has 24 heavy (non-hydrogen) atoms. The number of hydrogen-bond donors (Lipinski definition) is 3. The third-order valence-corrected chi connectivity index (χ3v) is 4.90. The van der Waals surface area contributed by atoms with Crippen LogP contribution in [0, 0.1) is 3.57 Å². The second-order valence-corrected chi connectivity index (χ2v) is 7.13. The molecule has 3 aromatic rings. The molecule has 0 heterocycles. The van der Waals surface area contributed by atoms with Crippen molar-refractivity contribution in [1.82, 2.24) is 5.32 Å². The molecular weight excluding hydrogens is 413 g/mol. The van der Waals surface area contributed by atoms with Gasteiger partial charge in [0, 0.05) is 27.1 Å². The number of hydrogen-bond acceptors (Lipinski definition) is 3. The molecule has 0 aliphatic heterocycles. The molecule has 0 aliphatic carbocycles. The standard InChI is InChI=1S/C20H20INO2/c21-17-9-5-14(6-10-17)11-18(13-23)22-12-16-8-7-15-3-1-2-4-19(15)20(16)24/h1-10,18,22-24H,11-13H2. The monoisotopic (exact) mass is 433 g/mol. The maximum Gasteiger partial charge on any atom is 0.127 e. The molecule has 4 heteroatoms. The fraction of sp³-hybridized carbons (Fsp3) is 0.200. The number of phenolic OH excluding ortho intramolecular Hbond substituents is 1. The average molecular weight is 433 g/mol. The van der Waals surface area contributed by atoms with Crippen molar-refractivity contribution in [3.05, 3.63) is 75.4 Å². The van der Waals surface area contributed by atoms with Gasteiger partial charge in [0.25, 0.3) is 0 Å². The number of benzene rings is 3. The Hall–Kier alpha value is -1.63. The lowest BCUT2D eigenvalue weighted by Crippen LogP contribution is -2.34. The van der Waals surface area contributed by atoms with E-state index in [0.29, 0.717) is 12.3 Å². The zero-order valence-corrected chi connectivity index (χ0v) is 15.4. The van der Waals surface area contributed by atoms with Crippen molar-refractivity contribution in [2.75, 3.05) is 6.61 Å². The Labute approximate surface area is 155 Å². The minimum absolute atomic E-state index is 0.0454. The minimum atomic E-state index is -0.0454. The van der Waals surface area contributed by atoms with Gasteiger partial charge in [0.15, 0.2) is 0 Å². The predicted molar refractivity (Wildman–Crippen MR) is 106 cm³/mol. The summed E-state index contributed by atoms with van der Waals surface area (Å²) in [5.74, 6) is 0.312. The molecule has 0 spiro atoms. The van der Waals surface area contributed by atoms with Gasteiger partial charge < -0.3 is 15.5 Å². The fourth-order valence-electron chi connectivity index (χ4n) is 2.80. The van der Waals surface area contributed by atoms with Crippen molar-refractivity contribution < 1.29 is 10.2 Å². The van der Waals surface area contributed by atoms with E-state index in [-0.39, 0.29) is 12.6 Å². The van der Waals surface area contributed by atoms with Crippen LogP contribution in [0.15, 0.2) is 60.7 Å². The first kappa shape index (κ1) is 17.2. The maximum atomic E-state index is 10.5. The summed E-state index contributed by atoms with van der Waals surface area (Å²) in [5, 5.41) is 25.3. The van der Waals surface area contributed by atoms with Crippen molar-refractivity contribution in [2.24, 2.45) is 0 Å². The Balaban J connectivity index is 1.69. The number of rotatable bonds is 6. The highest BCUT2D eigenvalue weighted by atomic mass is 127. The molecule has 0 amide bonds. The van der Waals surface area contributed by atoms with E-state index in [1.807, 2.05) is 36.4 Å². The predicted octanol–water partition coefficient (Wildman–Crippen LogP) is 3.84. The smallest absolute Gasteiger partial charge is 0.127 e. The van der Waals surface area contributed by atoms with E-state index in [1.54, 1.807) is 0 Å². The van der Waals surface area contributed by atoms with Crippen molar-refractivity contribution >= 4 is 33.4 Å². The lowest BCUT2D eigenvalue weighted by atomic mass is 10.0. The van der Waals surface area contributed by atoms with E-state index < -0.39 is 0 Å². The van der Waals surface area contributed by atoms with Gasteiger partial charge in [-0.05, 0) is 52.1 Å². The van der Waals surface area contributed by atoms with Crippen LogP contribution in [-0.2, 0) is 13.0 Å². The molecule has 0 fully saturated rings. The molecule has 0 saturated carbocycles. The summed E-state index contributed by atoms with van der Waals surface area (Å²) >= 11 is 2.28. The highest BCUT2D eigenvalue weighted by Gasteiger charge is 2.11. The molecule has 0 bridgehead atoms. The van der Waals surface area contributed by atoms with Crippen molar-refractivity contribution in [3.63, 3.8) is 0 Å². The van der Waals surface area contributed by atoms with Crippen LogP contribution in [0.1, 0.15) is 11.1 Å².